The fourth-order valence-electron chi connectivity index (χ4n) is 1.38. The lowest BCUT2D eigenvalue weighted by Crippen LogP contribution is -2.58. The molecule has 0 aromatic heterocycles. The Kier molecular flexibility index (Phi) is 2.86. The Bertz CT molecular complexity index is 207. The highest BCUT2D eigenvalue weighted by molar-refractivity contribution is 7.80. The van der Waals surface area contributed by atoms with Crippen LogP contribution in [-0.4, -0.2) is 35.1 Å². The van der Waals surface area contributed by atoms with E-state index in [2.05, 4.69) is 5.32 Å². The van der Waals surface area contributed by atoms with Gasteiger partial charge in [-0.25, -0.2) is 0 Å². The largest absolute Gasteiger partial charge is 0.376 e. The molecule has 1 amide bonds. The molecule has 1 unspecified atom stereocenters. The summed E-state index contributed by atoms with van der Waals surface area (Å²) >= 11 is 4.84. The van der Waals surface area contributed by atoms with Crippen molar-refractivity contribution in [3.8, 4) is 0 Å². The Morgan fingerprint density at radius 1 is 1.92 bits per heavy atom. The lowest BCUT2D eigenvalue weighted by atomic mass is 10.1. The molecule has 1 rings (SSSR count). The van der Waals surface area contributed by atoms with Crippen LogP contribution in [0.3, 0.4) is 0 Å². The SMILES string of the molecule is CCC1C(=O)NCCN1C(N)=S. The lowest BCUT2D eigenvalue weighted by molar-refractivity contribution is -0.127. The van der Waals surface area contributed by atoms with Crippen LogP contribution in [0.5, 0.6) is 0 Å². The molecule has 1 fully saturated rings. The standard InChI is InChI=1S/C7H13N3OS/c1-2-5-6(11)9-3-4-10(5)7(8)12/h5H,2-4H2,1H3,(H2,8,12)(H,9,11). The first-order valence-electron chi connectivity index (χ1n) is 4.00. The number of nitrogens with two attached hydrogens (primary N) is 1. The number of carbonyl (C=O) groups is 1. The highest BCUT2D eigenvalue weighted by Crippen LogP contribution is 2.07. The van der Waals surface area contributed by atoms with E-state index in [9.17, 15) is 4.79 Å². The van der Waals surface area contributed by atoms with E-state index in [4.69, 9.17) is 18.0 Å². The highest BCUT2D eigenvalue weighted by Gasteiger charge is 2.28. The number of hydrogen-bond acceptors (Lipinski definition) is 2. The van der Waals surface area contributed by atoms with Crippen molar-refractivity contribution in [3.05, 3.63) is 0 Å². The Labute approximate surface area is 77.1 Å². The van der Waals surface area contributed by atoms with Crippen LogP contribution in [-0.2, 0) is 4.79 Å². The zero-order valence-electron chi connectivity index (χ0n) is 7.04. The number of carbonyl (C=O) groups excluding carboxylic acids is 1. The van der Waals surface area contributed by atoms with Crippen molar-refractivity contribution in [1.29, 1.82) is 0 Å². The maximum atomic E-state index is 11.3. The third-order valence-electron chi connectivity index (χ3n) is 2.00. The third kappa shape index (κ3) is 1.66. The molecule has 1 atom stereocenters. The molecule has 1 saturated heterocycles. The predicted octanol–water partition coefficient (Wildman–Crippen LogP) is -0.560. The van der Waals surface area contributed by atoms with Gasteiger partial charge in [-0.15, -0.1) is 0 Å². The summed E-state index contributed by atoms with van der Waals surface area (Å²) in [5, 5.41) is 3.09. The summed E-state index contributed by atoms with van der Waals surface area (Å²) in [6.07, 6.45) is 0.739. The van der Waals surface area contributed by atoms with Crippen LogP contribution in [0.2, 0.25) is 0 Å². The summed E-state index contributed by atoms with van der Waals surface area (Å²) in [4.78, 5) is 13.0. The lowest BCUT2D eigenvalue weighted by Gasteiger charge is -2.34. The normalized spacial score (nSPS) is 23.6. The molecule has 0 bridgehead atoms. The minimum Gasteiger partial charge on any atom is -0.376 e. The quantitative estimate of drug-likeness (QED) is 0.540. The average molecular weight is 187 g/mol. The van der Waals surface area contributed by atoms with Gasteiger partial charge >= 0.3 is 0 Å². The second-order valence-electron chi connectivity index (χ2n) is 2.75. The van der Waals surface area contributed by atoms with Crippen LogP contribution < -0.4 is 11.1 Å². The molecular weight excluding hydrogens is 174 g/mol. The zero-order chi connectivity index (χ0) is 9.14. The Balaban J connectivity index is 2.70. The maximum Gasteiger partial charge on any atom is 0.242 e. The Morgan fingerprint density at radius 2 is 2.58 bits per heavy atom. The molecule has 0 aliphatic carbocycles. The van der Waals surface area contributed by atoms with E-state index in [1.54, 1.807) is 4.90 Å². The van der Waals surface area contributed by atoms with Crippen molar-refractivity contribution in [1.82, 2.24) is 10.2 Å². The second kappa shape index (κ2) is 3.71. The first kappa shape index (κ1) is 9.25. The van der Waals surface area contributed by atoms with E-state index in [1.165, 1.54) is 0 Å². The number of hydrogen-bond donors (Lipinski definition) is 2. The van der Waals surface area contributed by atoms with Crippen molar-refractivity contribution in [2.75, 3.05) is 13.1 Å². The van der Waals surface area contributed by atoms with Crippen LogP contribution in [0.1, 0.15) is 13.3 Å². The molecular formula is C7H13N3OS. The molecule has 0 spiro atoms. The van der Waals surface area contributed by atoms with Gasteiger partial charge in [0.15, 0.2) is 5.11 Å². The first-order chi connectivity index (χ1) is 5.66. The van der Waals surface area contributed by atoms with E-state index < -0.39 is 0 Å². The van der Waals surface area contributed by atoms with Crippen LogP contribution in [0, 0.1) is 0 Å². The van der Waals surface area contributed by atoms with Gasteiger partial charge in [0, 0.05) is 13.1 Å². The molecule has 5 heteroatoms. The van der Waals surface area contributed by atoms with Crippen molar-refractivity contribution in [2.45, 2.75) is 19.4 Å². The smallest absolute Gasteiger partial charge is 0.242 e. The zero-order valence-corrected chi connectivity index (χ0v) is 7.86. The van der Waals surface area contributed by atoms with Crippen LogP contribution in [0.15, 0.2) is 0 Å². The molecule has 1 heterocycles. The van der Waals surface area contributed by atoms with Crippen LogP contribution >= 0.6 is 12.2 Å². The number of rotatable bonds is 1. The van der Waals surface area contributed by atoms with Gasteiger partial charge < -0.3 is 16.0 Å². The Morgan fingerprint density at radius 3 is 3.00 bits per heavy atom. The highest BCUT2D eigenvalue weighted by atomic mass is 32.1. The molecule has 1 aliphatic heterocycles. The summed E-state index contributed by atoms with van der Waals surface area (Å²) in [5.41, 5.74) is 5.47. The van der Waals surface area contributed by atoms with Crippen molar-refractivity contribution >= 4 is 23.2 Å². The average Bonchev–Trinajstić information content (AvgIpc) is 2.03. The van der Waals surface area contributed by atoms with Crippen LogP contribution in [0.25, 0.3) is 0 Å². The molecule has 4 nitrogen and oxygen atoms in total. The molecule has 68 valence electrons. The number of nitrogens with one attached hydrogen (secondary N) is 1. The van der Waals surface area contributed by atoms with E-state index in [1.807, 2.05) is 6.92 Å². The summed E-state index contributed by atoms with van der Waals surface area (Å²) in [6, 6.07) is -0.170. The van der Waals surface area contributed by atoms with Gasteiger partial charge in [0.05, 0.1) is 0 Å². The van der Waals surface area contributed by atoms with Crippen LogP contribution in [0.4, 0.5) is 0 Å². The van der Waals surface area contributed by atoms with Gasteiger partial charge in [0.2, 0.25) is 5.91 Å². The topological polar surface area (TPSA) is 58.4 Å². The molecule has 1 aliphatic rings. The molecule has 12 heavy (non-hydrogen) atoms. The number of nitrogens with zero attached hydrogens (tertiary/aromatic N) is 1. The molecule has 0 saturated carbocycles. The summed E-state index contributed by atoms with van der Waals surface area (Å²) < 4.78 is 0. The first-order valence-corrected chi connectivity index (χ1v) is 4.41. The predicted molar refractivity (Wildman–Crippen MR) is 50.6 cm³/mol. The molecule has 3 N–H and O–H groups in total. The summed E-state index contributed by atoms with van der Waals surface area (Å²) in [5.74, 6) is 0.0246. The van der Waals surface area contributed by atoms with Crippen molar-refractivity contribution in [3.63, 3.8) is 0 Å². The molecule has 0 radical (unpaired) electrons. The van der Waals surface area contributed by atoms with Gasteiger partial charge in [-0.3, -0.25) is 4.79 Å². The number of thiocarbonyl (C=S) groups is 1. The van der Waals surface area contributed by atoms with E-state index in [0.29, 0.717) is 11.7 Å². The summed E-state index contributed by atoms with van der Waals surface area (Å²) in [7, 11) is 0. The number of amides is 1. The minimum absolute atomic E-state index is 0.0246. The van der Waals surface area contributed by atoms with Gasteiger partial charge in [0.1, 0.15) is 6.04 Å². The van der Waals surface area contributed by atoms with E-state index >= 15 is 0 Å². The monoisotopic (exact) mass is 187 g/mol. The molecule has 0 aromatic carbocycles. The van der Waals surface area contributed by atoms with Gasteiger partial charge in [-0.1, -0.05) is 6.92 Å². The minimum atomic E-state index is -0.170. The number of piperazine rings is 1. The third-order valence-corrected chi connectivity index (χ3v) is 2.24. The fraction of sp³-hybridized carbons (Fsp3) is 0.714. The van der Waals surface area contributed by atoms with Gasteiger partial charge in [0.25, 0.3) is 0 Å². The van der Waals surface area contributed by atoms with Gasteiger partial charge in [-0.2, -0.15) is 0 Å². The van der Waals surface area contributed by atoms with E-state index in [-0.39, 0.29) is 11.9 Å². The van der Waals surface area contributed by atoms with Gasteiger partial charge in [-0.05, 0) is 18.6 Å². The maximum absolute atomic E-state index is 11.3. The van der Waals surface area contributed by atoms with Crippen molar-refractivity contribution < 1.29 is 4.79 Å². The fourth-order valence-corrected chi connectivity index (χ4v) is 1.60. The summed E-state index contributed by atoms with van der Waals surface area (Å²) in [6.45, 7) is 3.30. The molecule has 0 aromatic rings. The van der Waals surface area contributed by atoms with Crippen molar-refractivity contribution in [2.24, 2.45) is 5.73 Å². The van der Waals surface area contributed by atoms with E-state index in [0.717, 1.165) is 13.0 Å². The Hall–Kier alpha value is -0.840. The second-order valence-corrected chi connectivity index (χ2v) is 3.16.